The van der Waals surface area contributed by atoms with Gasteiger partial charge < -0.3 is 20.1 Å². The molecule has 30 heavy (non-hydrogen) atoms. The maximum absolute atomic E-state index is 12.5. The van der Waals surface area contributed by atoms with Gasteiger partial charge in [-0.25, -0.2) is 0 Å². The number of ether oxygens (including phenoxy) is 2. The number of halogens is 3. The number of hydrogen-bond acceptors (Lipinski definition) is 4. The predicted octanol–water partition coefficient (Wildman–Crippen LogP) is 3.29. The fourth-order valence-corrected chi connectivity index (χ4v) is 3.47. The summed E-state index contributed by atoms with van der Waals surface area (Å²) in [5.74, 6) is 2.68. The smallest absolute Gasteiger partial charge is 0.401 e. The zero-order chi connectivity index (χ0) is 22.0. The van der Waals surface area contributed by atoms with Crippen molar-refractivity contribution in [3.05, 3.63) is 24.3 Å². The van der Waals surface area contributed by atoms with Gasteiger partial charge in [0.1, 0.15) is 17.6 Å². The van der Waals surface area contributed by atoms with Gasteiger partial charge in [-0.05, 0) is 69.5 Å². The van der Waals surface area contributed by atoms with Crippen molar-refractivity contribution in [2.45, 2.75) is 38.5 Å². The first kappa shape index (κ1) is 24.1. The molecule has 1 unspecified atom stereocenters. The molecule has 170 valence electrons. The third kappa shape index (κ3) is 9.11. The lowest BCUT2D eigenvalue weighted by Gasteiger charge is -2.32. The van der Waals surface area contributed by atoms with Crippen molar-refractivity contribution in [2.75, 3.05) is 46.9 Å². The number of nitrogens with zero attached hydrogens (tertiary/aromatic N) is 2. The molecule has 2 N–H and O–H groups in total. The summed E-state index contributed by atoms with van der Waals surface area (Å²) in [5, 5.41) is 6.51. The van der Waals surface area contributed by atoms with E-state index in [1.165, 1.54) is 4.90 Å². The highest BCUT2D eigenvalue weighted by atomic mass is 19.4. The van der Waals surface area contributed by atoms with Crippen LogP contribution in [-0.4, -0.2) is 70.0 Å². The fraction of sp³-hybridized carbons (Fsp3) is 0.667. The van der Waals surface area contributed by atoms with Gasteiger partial charge in [0.15, 0.2) is 5.96 Å². The zero-order valence-electron chi connectivity index (χ0n) is 18.0. The molecule has 0 radical (unpaired) electrons. The predicted molar refractivity (Wildman–Crippen MR) is 112 cm³/mol. The van der Waals surface area contributed by atoms with E-state index in [2.05, 4.69) is 15.6 Å². The van der Waals surface area contributed by atoms with Crippen LogP contribution >= 0.6 is 0 Å². The van der Waals surface area contributed by atoms with E-state index in [0.717, 1.165) is 37.3 Å². The highest BCUT2D eigenvalue weighted by Crippen LogP contribution is 2.24. The Labute approximate surface area is 176 Å². The van der Waals surface area contributed by atoms with E-state index in [4.69, 9.17) is 9.47 Å². The molecule has 1 aliphatic rings. The number of likely N-dealkylation sites (tertiary alicyclic amines) is 1. The maximum Gasteiger partial charge on any atom is 0.401 e. The quantitative estimate of drug-likeness (QED) is 0.465. The van der Waals surface area contributed by atoms with Crippen molar-refractivity contribution in [3.8, 4) is 11.5 Å². The van der Waals surface area contributed by atoms with Crippen molar-refractivity contribution >= 4 is 5.96 Å². The summed E-state index contributed by atoms with van der Waals surface area (Å²) < 4.78 is 48.4. The summed E-state index contributed by atoms with van der Waals surface area (Å²) in [6.45, 7) is 3.51. The molecule has 2 rings (SSSR count). The largest absolute Gasteiger partial charge is 0.497 e. The van der Waals surface area contributed by atoms with Gasteiger partial charge in [-0.1, -0.05) is 0 Å². The zero-order valence-corrected chi connectivity index (χ0v) is 18.0. The number of alkyl halides is 3. The lowest BCUT2D eigenvalue weighted by molar-refractivity contribution is -0.148. The number of methoxy groups -OCH3 is 1. The van der Waals surface area contributed by atoms with Crippen molar-refractivity contribution in [1.82, 2.24) is 15.5 Å². The minimum Gasteiger partial charge on any atom is -0.497 e. The summed E-state index contributed by atoms with van der Waals surface area (Å²) in [6, 6.07) is 7.43. The first-order chi connectivity index (χ1) is 14.3. The third-order valence-electron chi connectivity index (χ3n) is 5.13. The molecule has 1 aromatic carbocycles. The number of hydrogen-bond donors (Lipinski definition) is 2. The van der Waals surface area contributed by atoms with Crippen molar-refractivity contribution < 1.29 is 22.6 Å². The molecule has 9 heteroatoms. The Balaban J connectivity index is 1.61. The molecule has 0 spiro atoms. The average molecular weight is 431 g/mol. The number of piperidine rings is 1. The maximum atomic E-state index is 12.5. The summed E-state index contributed by atoms with van der Waals surface area (Å²) in [6.07, 6.45) is -1.65. The Morgan fingerprint density at radius 2 is 1.80 bits per heavy atom. The summed E-state index contributed by atoms with van der Waals surface area (Å²) in [4.78, 5) is 5.71. The van der Waals surface area contributed by atoms with E-state index in [0.29, 0.717) is 31.5 Å². The minimum atomic E-state index is -4.11. The number of benzene rings is 1. The van der Waals surface area contributed by atoms with Crippen LogP contribution in [0.5, 0.6) is 11.5 Å². The monoisotopic (exact) mass is 430 g/mol. The topological polar surface area (TPSA) is 58.1 Å². The normalized spacial score (nSPS) is 17.5. The second kappa shape index (κ2) is 11.9. The van der Waals surface area contributed by atoms with Crippen LogP contribution in [0, 0.1) is 5.92 Å². The molecule has 1 aromatic rings. The summed E-state index contributed by atoms with van der Waals surface area (Å²) in [5.41, 5.74) is 0. The van der Waals surface area contributed by atoms with Gasteiger partial charge >= 0.3 is 6.18 Å². The number of aliphatic imine (C=N–C) groups is 1. The van der Waals surface area contributed by atoms with Gasteiger partial charge in [-0.3, -0.25) is 9.89 Å². The molecule has 0 amide bonds. The lowest BCUT2D eigenvalue weighted by Crippen LogP contribution is -2.43. The molecule has 0 bridgehead atoms. The Kier molecular flexibility index (Phi) is 9.55. The molecule has 1 heterocycles. The Morgan fingerprint density at radius 3 is 2.37 bits per heavy atom. The summed E-state index contributed by atoms with van der Waals surface area (Å²) >= 11 is 0. The Morgan fingerprint density at radius 1 is 1.17 bits per heavy atom. The van der Waals surface area contributed by atoms with Gasteiger partial charge in [0, 0.05) is 13.6 Å². The molecular weight excluding hydrogens is 397 g/mol. The van der Waals surface area contributed by atoms with Crippen LogP contribution in [0.15, 0.2) is 29.3 Å². The third-order valence-corrected chi connectivity index (χ3v) is 5.13. The molecule has 1 saturated heterocycles. The van der Waals surface area contributed by atoms with E-state index >= 15 is 0 Å². The molecule has 1 atom stereocenters. The van der Waals surface area contributed by atoms with E-state index in [1.54, 1.807) is 14.2 Å². The Bertz CT molecular complexity index is 645. The first-order valence-electron chi connectivity index (χ1n) is 10.3. The van der Waals surface area contributed by atoms with E-state index < -0.39 is 12.7 Å². The van der Waals surface area contributed by atoms with Crippen LogP contribution < -0.4 is 20.1 Å². The Hall–Kier alpha value is -2.16. The number of guanidine groups is 1. The van der Waals surface area contributed by atoms with Gasteiger partial charge in [-0.2, -0.15) is 13.2 Å². The fourth-order valence-electron chi connectivity index (χ4n) is 3.47. The molecule has 1 aliphatic heterocycles. The molecule has 0 aliphatic carbocycles. The van der Waals surface area contributed by atoms with E-state index in [9.17, 15) is 13.2 Å². The molecule has 0 aromatic heterocycles. The average Bonchev–Trinajstić information content (AvgIpc) is 2.71. The van der Waals surface area contributed by atoms with E-state index in [1.807, 2.05) is 31.2 Å². The van der Waals surface area contributed by atoms with Gasteiger partial charge in [0.2, 0.25) is 0 Å². The van der Waals surface area contributed by atoms with Crippen molar-refractivity contribution in [3.63, 3.8) is 0 Å². The summed E-state index contributed by atoms with van der Waals surface area (Å²) in [7, 11) is 3.33. The lowest BCUT2D eigenvalue weighted by atomic mass is 9.93. The van der Waals surface area contributed by atoms with Crippen molar-refractivity contribution in [2.24, 2.45) is 10.9 Å². The standard InChI is InChI=1S/C21H33F3N4O2/c1-16(30-19-6-4-18(29-3)5-7-19)14-27-20(25-2)26-11-8-17-9-12-28(13-10-17)15-21(22,23)24/h4-7,16-17H,8-15H2,1-3H3,(H2,25,26,27). The van der Waals surface area contributed by atoms with E-state index in [-0.39, 0.29) is 6.10 Å². The highest BCUT2D eigenvalue weighted by Gasteiger charge is 2.32. The van der Waals surface area contributed by atoms with Crippen molar-refractivity contribution in [1.29, 1.82) is 0 Å². The molecule has 0 saturated carbocycles. The number of nitrogens with one attached hydrogen (secondary N) is 2. The van der Waals surface area contributed by atoms with Crippen LogP contribution in [0.4, 0.5) is 13.2 Å². The molecule has 6 nitrogen and oxygen atoms in total. The number of rotatable bonds is 9. The van der Waals surface area contributed by atoms with Gasteiger partial charge in [0.25, 0.3) is 0 Å². The second-order valence-electron chi connectivity index (χ2n) is 7.61. The molecular formula is C21H33F3N4O2. The van der Waals surface area contributed by atoms with Gasteiger partial charge in [0.05, 0.1) is 20.2 Å². The SMILES string of the molecule is CN=C(NCCC1CCN(CC(F)(F)F)CC1)NCC(C)Oc1ccc(OC)cc1. The van der Waals surface area contributed by atoms with Gasteiger partial charge in [-0.15, -0.1) is 0 Å². The van der Waals surface area contributed by atoms with Crippen LogP contribution in [-0.2, 0) is 0 Å². The van der Waals surface area contributed by atoms with Crippen LogP contribution in [0.3, 0.4) is 0 Å². The van der Waals surface area contributed by atoms with Crippen LogP contribution in [0.25, 0.3) is 0 Å². The highest BCUT2D eigenvalue weighted by molar-refractivity contribution is 5.79. The minimum absolute atomic E-state index is 0.0603. The van der Waals surface area contributed by atoms with Crippen LogP contribution in [0.1, 0.15) is 26.2 Å². The first-order valence-corrected chi connectivity index (χ1v) is 10.3. The molecule has 1 fully saturated rings. The van der Waals surface area contributed by atoms with Crippen LogP contribution in [0.2, 0.25) is 0 Å². The second-order valence-corrected chi connectivity index (χ2v) is 7.61.